The predicted octanol–water partition coefficient (Wildman–Crippen LogP) is 3.05. The van der Waals surface area contributed by atoms with Gasteiger partial charge in [-0.05, 0) is 35.4 Å². The number of rotatable bonds is 5. The lowest BCUT2D eigenvalue weighted by atomic mass is 10.2. The van der Waals surface area contributed by atoms with Gasteiger partial charge in [-0.2, -0.15) is 0 Å². The van der Waals surface area contributed by atoms with E-state index in [0.29, 0.717) is 19.0 Å². The van der Waals surface area contributed by atoms with Crippen LogP contribution in [0.2, 0.25) is 0 Å². The SMILES string of the molecule is CN=C(NCc1ccc(OC)c(F)c1)NCc1ccc2c(c1)OCO2.I. The molecule has 2 N–H and O–H groups in total. The van der Waals surface area contributed by atoms with Crippen LogP contribution < -0.4 is 24.8 Å². The molecule has 1 aliphatic rings. The first-order valence-electron chi connectivity index (χ1n) is 7.85. The van der Waals surface area contributed by atoms with E-state index in [0.717, 1.165) is 22.6 Å². The Bertz CT molecular complexity index is 786. The molecule has 1 heterocycles. The number of benzene rings is 2. The van der Waals surface area contributed by atoms with Crippen molar-refractivity contribution in [1.82, 2.24) is 10.6 Å². The Kier molecular flexibility index (Phi) is 7.31. The zero-order valence-electron chi connectivity index (χ0n) is 14.5. The lowest BCUT2D eigenvalue weighted by Gasteiger charge is -2.13. The van der Waals surface area contributed by atoms with Crippen LogP contribution >= 0.6 is 24.0 Å². The van der Waals surface area contributed by atoms with Crippen molar-refractivity contribution < 1.29 is 18.6 Å². The number of fused-ring (bicyclic) bond motifs is 1. The number of ether oxygens (including phenoxy) is 3. The molecule has 0 radical (unpaired) electrons. The van der Waals surface area contributed by atoms with Gasteiger partial charge in [0.15, 0.2) is 29.0 Å². The molecule has 0 fully saturated rings. The lowest BCUT2D eigenvalue weighted by Crippen LogP contribution is -2.36. The molecule has 2 aromatic rings. The zero-order chi connectivity index (χ0) is 17.6. The van der Waals surface area contributed by atoms with E-state index in [4.69, 9.17) is 14.2 Å². The Morgan fingerprint density at radius 3 is 2.38 bits per heavy atom. The minimum absolute atomic E-state index is 0. The summed E-state index contributed by atoms with van der Waals surface area (Å²) < 4.78 is 29.3. The van der Waals surface area contributed by atoms with Crippen LogP contribution in [-0.4, -0.2) is 26.9 Å². The van der Waals surface area contributed by atoms with Gasteiger partial charge in [0.2, 0.25) is 6.79 Å². The number of guanidine groups is 1. The molecule has 0 saturated heterocycles. The minimum atomic E-state index is -0.384. The Labute approximate surface area is 168 Å². The van der Waals surface area contributed by atoms with Gasteiger partial charge in [0.25, 0.3) is 0 Å². The van der Waals surface area contributed by atoms with Crippen LogP contribution in [0.1, 0.15) is 11.1 Å². The molecule has 8 heteroatoms. The quantitative estimate of drug-likeness (QED) is 0.397. The normalized spacial score (nSPS) is 12.3. The Morgan fingerprint density at radius 2 is 1.73 bits per heavy atom. The molecule has 1 aliphatic heterocycles. The molecule has 0 unspecified atom stereocenters. The average molecular weight is 473 g/mol. The summed E-state index contributed by atoms with van der Waals surface area (Å²) in [6.45, 7) is 1.28. The van der Waals surface area contributed by atoms with Gasteiger partial charge in [0.1, 0.15) is 0 Å². The van der Waals surface area contributed by atoms with Gasteiger partial charge >= 0.3 is 0 Å². The highest BCUT2D eigenvalue weighted by atomic mass is 127. The van der Waals surface area contributed by atoms with Gasteiger partial charge in [-0.25, -0.2) is 4.39 Å². The third-order valence-corrected chi connectivity index (χ3v) is 3.80. The topological polar surface area (TPSA) is 64.1 Å². The summed E-state index contributed by atoms with van der Waals surface area (Å²) >= 11 is 0. The van der Waals surface area contributed by atoms with Crippen LogP contribution in [0.5, 0.6) is 17.2 Å². The first-order chi connectivity index (χ1) is 12.2. The van der Waals surface area contributed by atoms with E-state index in [1.807, 2.05) is 18.2 Å². The second kappa shape index (κ2) is 9.46. The van der Waals surface area contributed by atoms with Crippen molar-refractivity contribution in [2.45, 2.75) is 13.1 Å². The fourth-order valence-corrected chi connectivity index (χ4v) is 2.46. The number of nitrogens with one attached hydrogen (secondary N) is 2. The largest absolute Gasteiger partial charge is 0.494 e. The summed E-state index contributed by atoms with van der Waals surface area (Å²) in [5.41, 5.74) is 1.84. The van der Waals surface area contributed by atoms with Crippen LogP contribution in [0.25, 0.3) is 0 Å². The molecule has 140 valence electrons. The van der Waals surface area contributed by atoms with Crippen LogP contribution in [0.3, 0.4) is 0 Å². The molecule has 0 spiro atoms. The number of hydrogen-bond donors (Lipinski definition) is 2. The highest BCUT2D eigenvalue weighted by molar-refractivity contribution is 14.0. The lowest BCUT2D eigenvalue weighted by molar-refractivity contribution is 0.174. The minimum Gasteiger partial charge on any atom is -0.494 e. The van der Waals surface area contributed by atoms with Crippen LogP contribution in [0.4, 0.5) is 4.39 Å². The number of hydrogen-bond acceptors (Lipinski definition) is 4. The monoisotopic (exact) mass is 473 g/mol. The van der Waals surface area contributed by atoms with Gasteiger partial charge in [0.05, 0.1) is 7.11 Å². The summed E-state index contributed by atoms with van der Waals surface area (Å²) in [6, 6.07) is 10.6. The summed E-state index contributed by atoms with van der Waals surface area (Å²) in [7, 11) is 3.13. The van der Waals surface area contributed by atoms with Crippen molar-refractivity contribution in [2.75, 3.05) is 21.0 Å². The van der Waals surface area contributed by atoms with Gasteiger partial charge in [-0.3, -0.25) is 4.99 Å². The second-order valence-corrected chi connectivity index (χ2v) is 5.44. The van der Waals surface area contributed by atoms with E-state index in [9.17, 15) is 4.39 Å². The van der Waals surface area contributed by atoms with Crippen molar-refractivity contribution in [3.05, 3.63) is 53.3 Å². The smallest absolute Gasteiger partial charge is 0.231 e. The van der Waals surface area contributed by atoms with Gasteiger partial charge in [0, 0.05) is 20.1 Å². The Morgan fingerprint density at radius 1 is 1.08 bits per heavy atom. The predicted molar refractivity (Wildman–Crippen MR) is 108 cm³/mol. The molecule has 0 aromatic heterocycles. The van der Waals surface area contributed by atoms with E-state index in [-0.39, 0.29) is 42.3 Å². The summed E-state index contributed by atoms with van der Waals surface area (Å²) in [4.78, 5) is 4.17. The molecule has 6 nitrogen and oxygen atoms in total. The number of methoxy groups -OCH3 is 1. The molecular formula is C18H21FIN3O3. The number of aliphatic imine (C=N–C) groups is 1. The maximum atomic E-state index is 13.7. The second-order valence-electron chi connectivity index (χ2n) is 5.44. The molecule has 2 aromatic carbocycles. The van der Waals surface area contributed by atoms with Crippen molar-refractivity contribution in [2.24, 2.45) is 4.99 Å². The molecular weight excluding hydrogens is 452 g/mol. The number of nitrogens with zero attached hydrogens (tertiary/aromatic N) is 1. The summed E-state index contributed by atoms with van der Waals surface area (Å²) in [6.07, 6.45) is 0. The van der Waals surface area contributed by atoms with Crippen molar-refractivity contribution in [3.8, 4) is 17.2 Å². The standard InChI is InChI=1S/C18H20FN3O3.HI/c1-20-18(21-9-12-3-5-15(23-2)14(19)7-12)22-10-13-4-6-16-17(8-13)25-11-24-16;/h3-8H,9-11H2,1-2H3,(H2,20,21,22);1H. The highest BCUT2D eigenvalue weighted by Gasteiger charge is 2.13. The molecule has 26 heavy (non-hydrogen) atoms. The van der Waals surface area contributed by atoms with Gasteiger partial charge in [-0.15, -0.1) is 24.0 Å². The first-order valence-corrected chi connectivity index (χ1v) is 7.85. The van der Waals surface area contributed by atoms with E-state index < -0.39 is 0 Å². The fraction of sp³-hybridized carbons (Fsp3) is 0.278. The molecule has 0 bridgehead atoms. The third-order valence-electron chi connectivity index (χ3n) is 3.80. The first kappa shape index (κ1) is 20.1. The van der Waals surface area contributed by atoms with Crippen LogP contribution in [0.15, 0.2) is 41.4 Å². The van der Waals surface area contributed by atoms with E-state index in [1.165, 1.54) is 13.2 Å². The Hall–Kier alpha value is -2.23. The molecule has 0 aliphatic carbocycles. The van der Waals surface area contributed by atoms with Crippen LogP contribution in [-0.2, 0) is 13.1 Å². The van der Waals surface area contributed by atoms with Crippen molar-refractivity contribution >= 4 is 29.9 Å². The van der Waals surface area contributed by atoms with Crippen molar-refractivity contribution in [3.63, 3.8) is 0 Å². The third kappa shape index (κ3) is 4.90. The summed E-state index contributed by atoms with van der Waals surface area (Å²) in [5, 5.41) is 6.36. The fourth-order valence-electron chi connectivity index (χ4n) is 2.46. The van der Waals surface area contributed by atoms with E-state index in [2.05, 4.69) is 15.6 Å². The maximum Gasteiger partial charge on any atom is 0.231 e. The highest BCUT2D eigenvalue weighted by Crippen LogP contribution is 2.32. The molecule has 0 saturated carbocycles. The van der Waals surface area contributed by atoms with Gasteiger partial charge < -0.3 is 24.8 Å². The zero-order valence-corrected chi connectivity index (χ0v) is 16.9. The molecule has 0 amide bonds. The Balaban J connectivity index is 0.00000243. The summed E-state index contributed by atoms with van der Waals surface area (Å²) in [5.74, 6) is 1.97. The maximum absolute atomic E-state index is 13.7. The number of halogens is 2. The molecule has 3 rings (SSSR count). The van der Waals surface area contributed by atoms with E-state index >= 15 is 0 Å². The molecule has 0 atom stereocenters. The van der Waals surface area contributed by atoms with Gasteiger partial charge in [-0.1, -0.05) is 12.1 Å². The van der Waals surface area contributed by atoms with E-state index in [1.54, 1.807) is 19.2 Å². The van der Waals surface area contributed by atoms with Crippen molar-refractivity contribution in [1.29, 1.82) is 0 Å². The average Bonchev–Trinajstić information content (AvgIpc) is 3.09. The van der Waals surface area contributed by atoms with Crippen LogP contribution in [0, 0.1) is 5.82 Å².